The molecule has 1 aromatic heterocycles. The van der Waals surface area contributed by atoms with E-state index in [2.05, 4.69) is 36.2 Å². The summed E-state index contributed by atoms with van der Waals surface area (Å²) in [5.41, 5.74) is 0. The third kappa shape index (κ3) is 4.42. The number of aromatic nitrogens is 2. The molecule has 0 bridgehead atoms. The van der Waals surface area contributed by atoms with Crippen LogP contribution in [0.4, 0.5) is 0 Å². The van der Waals surface area contributed by atoms with E-state index < -0.39 is 0 Å². The van der Waals surface area contributed by atoms with Crippen LogP contribution >= 0.6 is 0 Å². The summed E-state index contributed by atoms with van der Waals surface area (Å²) in [6.07, 6.45) is 2.82. The topological polar surface area (TPSA) is 51.0 Å². The van der Waals surface area contributed by atoms with Gasteiger partial charge in [0.1, 0.15) is 0 Å². The van der Waals surface area contributed by atoms with E-state index >= 15 is 0 Å². The molecule has 1 atom stereocenters. The van der Waals surface area contributed by atoms with Crippen LogP contribution in [0.5, 0.6) is 0 Å². The summed E-state index contributed by atoms with van der Waals surface area (Å²) in [6, 6.07) is 0.378. The van der Waals surface area contributed by atoms with Gasteiger partial charge in [0.2, 0.25) is 5.89 Å². The van der Waals surface area contributed by atoms with Crippen LogP contribution in [0.25, 0.3) is 0 Å². The number of hydrogen-bond acceptors (Lipinski definition) is 4. The third-order valence-electron chi connectivity index (χ3n) is 2.43. The van der Waals surface area contributed by atoms with Crippen molar-refractivity contribution >= 4 is 0 Å². The molecule has 0 saturated carbocycles. The molecular weight excluding hydrogens is 190 g/mol. The molecule has 0 fully saturated rings. The minimum absolute atomic E-state index is 0.378. The quantitative estimate of drug-likeness (QED) is 0.779. The van der Waals surface area contributed by atoms with E-state index in [0.717, 1.165) is 31.0 Å². The molecule has 1 unspecified atom stereocenters. The van der Waals surface area contributed by atoms with Gasteiger partial charge in [-0.3, -0.25) is 0 Å². The molecule has 1 N–H and O–H groups in total. The number of nitrogens with zero attached hydrogens (tertiary/aromatic N) is 2. The Bertz CT molecular complexity index is 283. The fraction of sp³-hybridized carbons (Fsp3) is 0.818. The molecule has 0 amide bonds. The number of nitrogens with one attached hydrogen (secondary N) is 1. The highest BCUT2D eigenvalue weighted by atomic mass is 16.5. The van der Waals surface area contributed by atoms with E-state index in [4.69, 9.17) is 4.52 Å². The number of likely N-dealkylation sites (N-methyl/N-ethyl adjacent to an activating group) is 1. The Balaban J connectivity index is 2.42. The third-order valence-corrected chi connectivity index (χ3v) is 2.43. The van der Waals surface area contributed by atoms with Gasteiger partial charge >= 0.3 is 0 Å². The molecule has 0 radical (unpaired) electrons. The zero-order valence-corrected chi connectivity index (χ0v) is 10.1. The average Bonchev–Trinajstić information content (AvgIpc) is 2.62. The second-order valence-corrected chi connectivity index (χ2v) is 4.43. The van der Waals surface area contributed by atoms with E-state index in [-0.39, 0.29) is 0 Å². The maximum atomic E-state index is 5.17. The number of hydrogen-bond donors (Lipinski definition) is 1. The van der Waals surface area contributed by atoms with E-state index in [1.54, 1.807) is 0 Å². The molecule has 86 valence electrons. The van der Waals surface area contributed by atoms with Crippen molar-refractivity contribution in [2.75, 3.05) is 7.05 Å². The summed E-state index contributed by atoms with van der Waals surface area (Å²) in [4.78, 5) is 4.35. The molecule has 4 nitrogen and oxygen atoms in total. The summed E-state index contributed by atoms with van der Waals surface area (Å²) >= 11 is 0. The van der Waals surface area contributed by atoms with Crippen molar-refractivity contribution in [2.45, 2.75) is 46.1 Å². The van der Waals surface area contributed by atoms with E-state index in [0.29, 0.717) is 12.0 Å². The van der Waals surface area contributed by atoms with Crippen molar-refractivity contribution in [3.05, 3.63) is 11.7 Å². The first-order valence-electron chi connectivity index (χ1n) is 5.60. The molecule has 0 saturated heterocycles. The Labute approximate surface area is 91.5 Å². The van der Waals surface area contributed by atoms with Gasteiger partial charge in [-0.15, -0.1) is 0 Å². The van der Waals surface area contributed by atoms with Crippen molar-refractivity contribution in [3.63, 3.8) is 0 Å². The maximum absolute atomic E-state index is 5.17. The van der Waals surface area contributed by atoms with Gasteiger partial charge in [-0.25, -0.2) is 0 Å². The lowest BCUT2D eigenvalue weighted by Crippen LogP contribution is -2.23. The summed E-state index contributed by atoms with van der Waals surface area (Å²) in [5.74, 6) is 2.25. The molecule has 0 aliphatic carbocycles. The number of rotatable bonds is 6. The Morgan fingerprint density at radius 2 is 2.07 bits per heavy atom. The summed E-state index contributed by atoms with van der Waals surface area (Å²) < 4.78 is 5.17. The fourth-order valence-corrected chi connectivity index (χ4v) is 1.26. The highest BCUT2D eigenvalue weighted by molar-refractivity contribution is 4.88. The smallest absolute Gasteiger partial charge is 0.228 e. The minimum atomic E-state index is 0.378. The zero-order chi connectivity index (χ0) is 11.3. The van der Waals surface area contributed by atoms with Gasteiger partial charge in [-0.1, -0.05) is 19.0 Å². The van der Waals surface area contributed by atoms with Gasteiger partial charge in [-0.05, 0) is 26.3 Å². The second-order valence-electron chi connectivity index (χ2n) is 4.43. The van der Waals surface area contributed by atoms with Crippen LogP contribution < -0.4 is 5.32 Å². The first kappa shape index (κ1) is 12.2. The van der Waals surface area contributed by atoms with Crippen LogP contribution in [0.15, 0.2) is 4.52 Å². The molecule has 0 spiro atoms. The standard InChI is InChI=1S/C11H21N3O/c1-8(2)5-6-10-13-11(15-14-10)7-9(3)12-4/h8-9,12H,5-7H2,1-4H3. The van der Waals surface area contributed by atoms with Crippen LogP contribution in [-0.2, 0) is 12.8 Å². The van der Waals surface area contributed by atoms with Crippen molar-refractivity contribution < 1.29 is 4.52 Å². The SMILES string of the molecule is CNC(C)Cc1nc(CCC(C)C)no1. The molecule has 0 aliphatic rings. The van der Waals surface area contributed by atoms with Gasteiger partial charge in [0, 0.05) is 18.9 Å². The number of aryl methyl sites for hydroxylation is 1. The first-order valence-corrected chi connectivity index (χ1v) is 5.60. The van der Waals surface area contributed by atoms with Crippen LogP contribution in [-0.4, -0.2) is 23.2 Å². The van der Waals surface area contributed by atoms with Gasteiger partial charge < -0.3 is 9.84 Å². The van der Waals surface area contributed by atoms with Crippen molar-refractivity contribution in [1.82, 2.24) is 15.5 Å². The maximum Gasteiger partial charge on any atom is 0.228 e. The molecule has 1 aromatic rings. The molecular formula is C11H21N3O. The van der Waals surface area contributed by atoms with Gasteiger partial charge in [0.05, 0.1) is 0 Å². The van der Waals surface area contributed by atoms with Gasteiger partial charge in [-0.2, -0.15) is 4.98 Å². The van der Waals surface area contributed by atoms with Crippen LogP contribution in [0, 0.1) is 5.92 Å². The van der Waals surface area contributed by atoms with Gasteiger partial charge in [0.15, 0.2) is 5.82 Å². The normalized spacial score (nSPS) is 13.4. The monoisotopic (exact) mass is 211 g/mol. The lowest BCUT2D eigenvalue weighted by Gasteiger charge is -2.04. The van der Waals surface area contributed by atoms with Crippen molar-refractivity contribution in [3.8, 4) is 0 Å². The van der Waals surface area contributed by atoms with E-state index in [9.17, 15) is 0 Å². The molecule has 0 aliphatic heterocycles. The first-order chi connectivity index (χ1) is 7.11. The molecule has 0 aromatic carbocycles. The van der Waals surface area contributed by atoms with E-state index in [1.807, 2.05) is 7.05 Å². The highest BCUT2D eigenvalue weighted by Crippen LogP contribution is 2.07. The summed E-state index contributed by atoms with van der Waals surface area (Å²) in [7, 11) is 1.93. The van der Waals surface area contributed by atoms with Crippen LogP contribution in [0.2, 0.25) is 0 Å². The van der Waals surface area contributed by atoms with Crippen molar-refractivity contribution in [1.29, 1.82) is 0 Å². The largest absolute Gasteiger partial charge is 0.339 e. The predicted molar refractivity (Wildman–Crippen MR) is 59.7 cm³/mol. The van der Waals surface area contributed by atoms with Crippen LogP contribution in [0.1, 0.15) is 38.9 Å². The Morgan fingerprint density at radius 1 is 1.33 bits per heavy atom. The molecule has 1 rings (SSSR count). The Morgan fingerprint density at radius 3 is 2.67 bits per heavy atom. The van der Waals surface area contributed by atoms with Crippen LogP contribution in [0.3, 0.4) is 0 Å². The summed E-state index contributed by atoms with van der Waals surface area (Å²) in [5, 5.41) is 7.11. The molecule has 1 heterocycles. The molecule has 4 heteroatoms. The minimum Gasteiger partial charge on any atom is -0.339 e. The predicted octanol–water partition coefficient (Wildman–Crippen LogP) is 1.81. The fourth-order valence-electron chi connectivity index (χ4n) is 1.26. The lowest BCUT2D eigenvalue weighted by atomic mass is 10.1. The second kappa shape index (κ2) is 5.85. The molecule has 15 heavy (non-hydrogen) atoms. The Hall–Kier alpha value is -0.900. The highest BCUT2D eigenvalue weighted by Gasteiger charge is 2.09. The average molecular weight is 211 g/mol. The Kier molecular flexibility index (Phi) is 4.75. The van der Waals surface area contributed by atoms with E-state index in [1.165, 1.54) is 0 Å². The lowest BCUT2D eigenvalue weighted by molar-refractivity contribution is 0.359. The van der Waals surface area contributed by atoms with Crippen molar-refractivity contribution in [2.24, 2.45) is 5.92 Å². The zero-order valence-electron chi connectivity index (χ0n) is 10.1. The van der Waals surface area contributed by atoms with Gasteiger partial charge in [0.25, 0.3) is 0 Å². The summed E-state index contributed by atoms with van der Waals surface area (Å²) in [6.45, 7) is 6.49.